The summed E-state index contributed by atoms with van der Waals surface area (Å²) in [6, 6.07) is 0.286. The lowest BCUT2D eigenvalue weighted by atomic mass is 10.0. The monoisotopic (exact) mass is 278 g/mol. The van der Waals surface area contributed by atoms with Gasteiger partial charge in [-0.2, -0.15) is 5.10 Å². The van der Waals surface area contributed by atoms with E-state index in [4.69, 9.17) is 0 Å². The molecule has 0 fully saturated rings. The van der Waals surface area contributed by atoms with E-state index in [-0.39, 0.29) is 6.04 Å². The Morgan fingerprint density at radius 2 is 2.16 bits per heavy atom. The van der Waals surface area contributed by atoms with Crippen molar-refractivity contribution in [2.45, 2.75) is 39.7 Å². The van der Waals surface area contributed by atoms with E-state index in [0.717, 1.165) is 18.5 Å². The van der Waals surface area contributed by atoms with Gasteiger partial charge in [-0.25, -0.2) is 4.98 Å². The third-order valence-corrected chi connectivity index (χ3v) is 4.54. The smallest absolute Gasteiger partial charge is 0.0949 e. The van der Waals surface area contributed by atoms with E-state index in [1.807, 2.05) is 18.8 Å². The van der Waals surface area contributed by atoms with Crippen LogP contribution in [-0.4, -0.2) is 21.8 Å². The minimum atomic E-state index is 0.286. The summed E-state index contributed by atoms with van der Waals surface area (Å²) in [5, 5.41) is 9.11. The molecular formula is C14H22N4S. The first-order valence-electron chi connectivity index (χ1n) is 6.67. The van der Waals surface area contributed by atoms with Crippen LogP contribution in [0.3, 0.4) is 0 Å². The molecule has 4 nitrogen and oxygen atoms in total. The molecule has 0 spiro atoms. The third kappa shape index (κ3) is 3.04. The SMILES string of the molecule is CCc1nn(C)cc1C(Cc1nc(C)c(C)s1)NC. The summed E-state index contributed by atoms with van der Waals surface area (Å²) in [5.41, 5.74) is 3.61. The summed E-state index contributed by atoms with van der Waals surface area (Å²) in [7, 11) is 3.98. The Bertz CT molecular complexity index is 536. The second kappa shape index (κ2) is 5.84. The van der Waals surface area contributed by atoms with Gasteiger partial charge < -0.3 is 5.32 Å². The highest BCUT2D eigenvalue weighted by molar-refractivity contribution is 7.11. The zero-order chi connectivity index (χ0) is 14.0. The Kier molecular flexibility index (Phi) is 4.37. The van der Waals surface area contributed by atoms with Crippen molar-refractivity contribution >= 4 is 11.3 Å². The van der Waals surface area contributed by atoms with Crippen LogP contribution in [0.15, 0.2) is 6.20 Å². The van der Waals surface area contributed by atoms with Gasteiger partial charge in [0.25, 0.3) is 0 Å². The average Bonchev–Trinajstić information content (AvgIpc) is 2.90. The predicted molar refractivity (Wildman–Crippen MR) is 79.7 cm³/mol. The molecule has 2 heterocycles. The third-order valence-electron chi connectivity index (χ3n) is 3.45. The fourth-order valence-electron chi connectivity index (χ4n) is 2.29. The maximum absolute atomic E-state index is 4.64. The van der Waals surface area contributed by atoms with Crippen molar-refractivity contribution in [1.29, 1.82) is 0 Å². The van der Waals surface area contributed by atoms with Crippen molar-refractivity contribution < 1.29 is 0 Å². The first-order valence-corrected chi connectivity index (χ1v) is 7.49. The van der Waals surface area contributed by atoms with Crippen LogP contribution in [0.25, 0.3) is 0 Å². The summed E-state index contributed by atoms with van der Waals surface area (Å²) in [5.74, 6) is 0. The van der Waals surface area contributed by atoms with E-state index in [2.05, 4.69) is 42.4 Å². The molecule has 19 heavy (non-hydrogen) atoms. The van der Waals surface area contributed by atoms with Crippen molar-refractivity contribution in [3.8, 4) is 0 Å². The number of rotatable bonds is 5. The fraction of sp³-hybridized carbons (Fsp3) is 0.571. The van der Waals surface area contributed by atoms with Gasteiger partial charge in [0, 0.05) is 36.1 Å². The topological polar surface area (TPSA) is 42.7 Å². The van der Waals surface area contributed by atoms with Gasteiger partial charge >= 0.3 is 0 Å². The zero-order valence-corrected chi connectivity index (χ0v) is 13.1. The highest BCUT2D eigenvalue weighted by Crippen LogP contribution is 2.25. The van der Waals surface area contributed by atoms with Gasteiger partial charge in [0.1, 0.15) is 0 Å². The van der Waals surface area contributed by atoms with Crippen LogP contribution < -0.4 is 5.32 Å². The summed E-state index contributed by atoms with van der Waals surface area (Å²) >= 11 is 1.79. The Morgan fingerprint density at radius 3 is 2.68 bits per heavy atom. The molecule has 0 bridgehead atoms. The number of nitrogens with one attached hydrogen (secondary N) is 1. The summed E-state index contributed by atoms with van der Waals surface area (Å²) in [6.45, 7) is 6.36. The van der Waals surface area contributed by atoms with E-state index >= 15 is 0 Å². The van der Waals surface area contributed by atoms with Crippen LogP contribution in [0.1, 0.15) is 39.8 Å². The number of hydrogen-bond donors (Lipinski definition) is 1. The zero-order valence-electron chi connectivity index (χ0n) is 12.3. The highest BCUT2D eigenvalue weighted by atomic mass is 32.1. The molecule has 1 atom stereocenters. The van der Waals surface area contributed by atoms with E-state index in [9.17, 15) is 0 Å². The van der Waals surface area contributed by atoms with Gasteiger partial charge in [-0.1, -0.05) is 6.92 Å². The van der Waals surface area contributed by atoms with Crippen LogP contribution in [0.5, 0.6) is 0 Å². The maximum atomic E-state index is 4.64. The molecule has 2 aromatic rings. The molecule has 2 rings (SSSR count). The standard InChI is InChI=1S/C14H22N4S/c1-6-12-11(8-18(5)17-12)13(15-4)7-14-16-9(2)10(3)19-14/h8,13,15H,6-7H2,1-5H3. The summed E-state index contributed by atoms with van der Waals surface area (Å²) in [4.78, 5) is 5.95. The number of nitrogens with zero attached hydrogens (tertiary/aromatic N) is 3. The van der Waals surface area contributed by atoms with Gasteiger partial charge in [-0.15, -0.1) is 11.3 Å². The molecule has 1 unspecified atom stereocenters. The molecule has 0 aliphatic heterocycles. The average molecular weight is 278 g/mol. The molecule has 0 saturated heterocycles. The van der Waals surface area contributed by atoms with Gasteiger partial charge in [-0.3, -0.25) is 4.68 Å². The minimum absolute atomic E-state index is 0.286. The normalized spacial score (nSPS) is 12.9. The molecular weight excluding hydrogens is 256 g/mol. The summed E-state index contributed by atoms with van der Waals surface area (Å²) < 4.78 is 1.90. The Morgan fingerprint density at radius 1 is 1.42 bits per heavy atom. The van der Waals surface area contributed by atoms with Crippen LogP contribution >= 0.6 is 11.3 Å². The molecule has 5 heteroatoms. The Balaban J connectivity index is 2.24. The van der Waals surface area contributed by atoms with Crippen molar-refractivity contribution in [3.63, 3.8) is 0 Å². The number of aromatic nitrogens is 3. The molecule has 1 N–H and O–H groups in total. The maximum Gasteiger partial charge on any atom is 0.0949 e. The first-order chi connectivity index (χ1) is 9.05. The van der Waals surface area contributed by atoms with E-state index in [0.29, 0.717) is 0 Å². The first kappa shape index (κ1) is 14.2. The van der Waals surface area contributed by atoms with Crippen LogP contribution in [0, 0.1) is 13.8 Å². The van der Waals surface area contributed by atoms with Gasteiger partial charge in [0.05, 0.1) is 16.4 Å². The van der Waals surface area contributed by atoms with Gasteiger partial charge in [0.15, 0.2) is 0 Å². The van der Waals surface area contributed by atoms with Crippen molar-refractivity contribution in [3.05, 3.63) is 33.0 Å². The quantitative estimate of drug-likeness (QED) is 0.914. The van der Waals surface area contributed by atoms with Crippen molar-refractivity contribution in [1.82, 2.24) is 20.1 Å². The van der Waals surface area contributed by atoms with E-state index < -0.39 is 0 Å². The van der Waals surface area contributed by atoms with Gasteiger partial charge in [0.2, 0.25) is 0 Å². The van der Waals surface area contributed by atoms with Crippen molar-refractivity contribution in [2.75, 3.05) is 7.05 Å². The second-order valence-corrected chi connectivity index (χ2v) is 6.14. The molecule has 0 radical (unpaired) electrons. The Labute approximate surface area is 118 Å². The lowest BCUT2D eigenvalue weighted by Gasteiger charge is -2.14. The molecule has 0 aliphatic rings. The fourth-order valence-corrected chi connectivity index (χ4v) is 3.27. The molecule has 104 valence electrons. The number of likely N-dealkylation sites (N-methyl/N-ethyl adjacent to an activating group) is 1. The summed E-state index contributed by atoms with van der Waals surface area (Å²) in [6.07, 6.45) is 4.01. The van der Waals surface area contributed by atoms with Crippen LogP contribution in [0.2, 0.25) is 0 Å². The number of hydrogen-bond acceptors (Lipinski definition) is 4. The highest BCUT2D eigenvalue weighted by Gasteiger charge is 2.18. The van der Waals surface area contributed by atoms with Crippen LogP contribution in [0.4, 0.5) is 0 Å². The molecule has 0 saturated carbocycles. The van der Waals surface area contributed by atoms with E-state index in [1.54, 1.807) is 11.3 Å². The Hall–Kier alpha value is -1.20. The number of aryl methyl sites for hydroxylation is 4. The minimum Gasteiger partial charge on any atom is -0.313 e. The predicted octanol–water partition coefficient (Wildman–Crippen LogP) is 2.56. The van der Waals surface area contributed by atoms with Gasteiger partial charge in [-0.05, 0) is 27.3 Å². The lowest BCUT2D eigenvalue weighted by Crippen LogP contribution is -2.19. The second-order valence-electron chi connectivity index (χ2n) is 4.85. The molecule has 0 aliphatic carbocycles. The van der Waals surface area contributed by atoms with Crippen molar-refractivity contribution in [2.24, 2.45) is 7.05 Å². The molecule has 0 aromatic carbocycles. The van der Waals surface area contributed by atoms with E-state index in [1.165, 1.54) is 21.1 Å². The largest absolute Gasteiger partial charge is 0.313 e. The number of thiazole rings is 1. The molecule has 0 amide bonds. The lowest BCUT2D eigenvalue weighted by molar-refractivity contribution is 0.584. The molecule has 2 aromatic heterocycles. The van der Waals surface area contributed by atoms with Crippen LogP contribution in [-0.2, 0) is 19.9 Å².